The number of nitrogens with zero attached hydrogens (tertiary/aromatic N) is 2. The molecule has 1 aromatic heterocycles. The number of benzene rings is 3. The Morgan fingerprint density at radius 3 is 2.47 bits per heavy atom. The number of amides is 1. The third-order valence-electron chi connectivity index (χ3n) is 4.83. The van der Waals surface area contributed by atoms with Crippen LogP contribution in [0.3, 0.4) is 0 Å². The van der Waals surface area contributed by atoms with Crippen LogP contribution in [0.15, 0.2) is 70.9 Å². The quantitative estimate of drug-likeness (QED) is 0.426. The molecule has 7 nitrogen and oxygen atoms in total. The van der Waals surface area contributed by atoms with Gasteiger partial charge in [-0.25, -0.2) is 13.4 Å². The number of carbonyl (C=O) groups excluding carboxylic acids is 1. The number of sulfonamides is 1. The van der Waals surface area contributed by atoms with Gasteiger partial charge in [-0.1, -0.05) is 36.4 Å². The lowest BCUT2D eigenvalue weighted by Gasteiger charge is -2.17. The Labute approximate surface area is 190 Å². The van der Waals surface area contributed by atoms with Crippen LogP contribution >= 0.6 is 11.3 Å². The van der Waals surface area contributed by atoms with Crippen LogP contribution in [-0.2, 0) is 14.8 Å². The third kappa shape index (κ3) is 4.44. The third-order valence-corrected chi connectivity index (χ3v) is 7.03. The molecule has 0 fully saturated rings. The van der Waals surface area contributed by atoms with Crippen molar-refractivity contribution in [2.75, 3.05) is 29.0 Å². The van der Waals surface area contributed by atoms with Gasteiger partial charge in [0, 0.05) is 54.1 Å². The molecular weight excluding hydrogens is 444 g/mol. The molecule has 1 heterocycles. The van der Waals surface area contributed by atoms with Crippen LogP contribution in [-0.4, -0.2) is 33.4 Å². The van der Waals surface area contributed by atoms with E-state index in [1.807, 2.05) is 54.7 Å². The molecule has 1 amide bonds. The summed E-state index contributed by atoms with van der Waals surface area (Å²) in [4.78, 5) is 17.8. The number of rotatable bonds is 6. The Bertz CT molecular complexity index is 1410. The molecule has 0 radical (unpaired) electrons. The molecule has 0 unspecified atom stereocenters. The number of hydrogen-bond donors (Lipinski definition) is 2. The van der Waals surface area contributed by atoms with Gasteiger partial charge in [0.15, 0.2) is 5.13 Å². The average Bonchev–Trinajstić information content (AvgIpc) is 3.20. The molecule has 9 heteroatoms. The van der Waals surface area contributed by atoms with Gasteiger partial charge in [-0.3, -0.25) is 9.52 Å². The van der Waals surface area contributed by atoms with Crippen LogP contribution < -0.4 is 14.9 Å². The van der Waals surface area contributed by atoms with Gasteiger partial charge in [0.25, 0.3) is 10.0 Å². The average molecular weight is 467 g/mol. The maximum absolute atomic E-state index is 13.3. The lowest BCUT2D eigenvalue weighted by molar-refractivity contribution is -0.114. The van der Waals surface area contributed by atoms with Gasteiger partial charge in [-0.2, -0.15) is 0 Å². The van der Waals surface area contributed by atoms with Gasteiger partial charge >= 0.3 is 0 Å². The van der Waals surface area contributed by atoms with E-state index in [4.69, 9.17) is 0 Å². The maximum atomic E-state index is 13.3. The summed E-state index contributed by atoms with van der Waals surface area (Å²) in [6, 6.07) is 17.9. The van der Waals surface area contributed by atoms with E-state index in [2.05, 4.69) is 15.0 Å². The predicted molar refractivity (Wildman–Crippen MR) is 131 cm³/mol. The number of aromatic nitrogens is 1. The minimum atomic E-state index is -3.84. The number of anilines is 3. The SMILES string of the molecule is CC(=O)Nc1nc(-c2cccc(NS(=O)(=O)c3cccc4c(N(C)C)cccc34)c2)cs1. The van der Waals surface area contributed by atoms with Crippen molar-refractivity contribution in [2.45, 2.75) is 11.8 Å². The van der Waals surface area contributed by atoms with Gasteiger partial charge in [0.1, 0.15) is 0 Å². The number of thiazole rings is 1. The molecule has 32 heavy (non-hydrogen) atoms. The molecular formula is C23H22N4O3S2. The second kappa shape index (κ2) is 8.60. The summed E-state index contributed by atoms with van der Waals surface area (Å²) in [5, 5.41) is 6.47. The van der Waals surface area contributed by atoms with Crippen LogP contribution in [0.5, 0.6) is 0 Å². The molecule has 164 valence electrons. The second-order valence-corrected chi connectivity index (χ2v) is 9.94. The van der Waals surface area contributed by atoms with E-state index in [0.717, 1.165) is 16.6 Å². The molecule has 0 aliphatic carbocycles. The summed E-state index contributed by atoms with van der Waals surface area (Å²) < 4.78 is 29.3. The molecule has 4 rings (SSSR count). The summed E-state index contributed by atoms with van der Waals surface area (Å²) in [5.74, 6) is -0.195. The Hall–Kier alpha value is -3.43. The van der Waals surface area contributed by atoms with E-state index >= 15 is 0 Å². The van der Waals surface area contributed by atoms with Crippen molar-refractivity contribution in [2.24, 2.45) is 0 Å². The lowest BCUT2D eigenvalue weighted by Crippen LogP contribution is -2.14. The molecule has 0 saturated heterocycles. The van der Waals surface area contributed by atoms with E-state index in [9.17, 15) is 13.2 Å². The van der Waals surface area contributed by atoms with Crippen molar-refractivity contribution in [1.82, 2.24) is 4.98 Å². The number of nitrogens with one attached hydrogen (secondary N) is 2. The topological polar surface area (TPSA) is 91.4 Å². The fraction of sp³-hybridized carbons (Fsp3) is 0.130. The lowest BCUT2D eigenvalue weighted by atomic mass is 10.1. The minimum absolute atomic E-state index is 0.195. The van der Waals surface area contributed by atoms with Crippen LogP contribution in [0.25, 0.3) is 22.0 Å². The summed E-state index contributed by atoms with van der Waals surface area (Å²) in [6.45, 7) is 1.42. The van der Waals surface area contributed by atoms with Gasteiger partial charge in [-0.05, 0) is 24.3 Å². The summed E-state index contributed by atoms with van der Waals surface area (Å²) in [5.41, 5.74) is 2.77. The van der Waals surface area contributed by atoms with Crippen molar-refractivity contribution in [1.29, 1.82) is 0 Å². The highest BCUT2D eigenvalue weighted by Crippen LogP contribution is 2.32. The maximum Gasteiger partial charge on any atom is 0.262 e. The van der Waals surface area contributed by atoms with Crippen molar-refractivity contribution >= 4 is 54.5 Å². The zero-order chi connectivity index (χ0) is 22.9. The highest BCUT2D eigenvalue weighted by molar-refractivity contribution is 7.93. The van der Waals surface area contributed by atoms with Crippen molar-refractivity contribution in [3.63, 3.8) is 0 Å². The van der Waals surface area contributed by atoms with E-state index in [1.54, 1.807) is 30.3 Å². The largest absolute Gasteiger partial charge is 0.377 e. The molecule has 0 aliphatic heterocycles. The normalized spacial score (nSPS) is 11.3. The summed E-state index contributed by atoms with van der Waals surface area (Å²) >= 11 is 1.31. The number of carbonyl (C=O) groups is 1. The Morgan fingerprint density at radius 2 is 1.72 bits per heavy atom. The highest BCUT2D eigenvalue weighted by Gasteiger charge is 2.19. The van der Waals surface area contributed by atoms with Crippen LogP contribution in [0, 0.1) is 0 Å². The smallest absolute Gasteiger partial charge is 0.262 e. The summed E-state index contributed by atoms with van der Waals surface area (Å²) in [7, 11) is 0.0169. The van der Waals surface area contributed by atoms with Crippen LogP contribution in [0.1, 0.15) is 6.92 Å². The molecule has 3 aromatic carbocycles. The van der Waals surface area contributed by atoms with Crippen LogP contribution in [0.4, 0.5) is 16.5 Å². The predicted octanol–water partition coefficient (Wildman–Crippen LogP) is 4.79. The number of fused-ring (bicyclic) bond motifs is 1. The molecule has 4 aromatic rings. The van der Waals surface area contributed by atoms with Gasteiger partial charge in [0.2, 0.25) is 5.91 Å². The molecule has 2 N–H and O–H groups in total. The standard InChI is InChI=1S/C23H22N4O3S2/c1-15(28)24-23-25-20(14-31-23)16-7-4-8-17(13-16)26-32(29,30)22-12-6-9-18-19(22)10-5-11-21(18)27(2)3/h4-14,26H,1-3H3,(H,24,25,28). The zero-order valence-corrected chi connectivity index (χ0v) is 19.4. The first-order chi connectivity index (χ1) is 15.2. The van der Waals surface area contributed by atoms with E-state index in [-0.39, 0.29) is 10.8 Å². The summed E-state index contributed by atoms with van der Waals surface area (Å²) in [6.07, 6.45) is 0. The fourth-order valence-corrected chi connectivity index (χ4v) is 5.49. The van der Waals surface area contributed by atoms with E-state index in [1.165, 1.54) is 18.3 Å². The van der Waals surface area contributed by atoms with Crippen molar-refractivity contribution < 1.29 is 13.2 Å². The molecule has 0 saturated carbocycles. The molecule has 0 spiro atoms. The monoisotopic (exact) mass is 466 g/mol. The highest BCUT2D eigenvalue weighted by atomic mass is 32.2. The minimum Gasteiger partial charge on any atom is -0.377 e. The van der Waals surface area contributed by atoms with Gasteiger partial charge in [-0.15, -0.1) is 11.3 Å². The first-order valence-corrected chi connectivity index (χ1v) is 12.2. The van der Waals surface area contributed by atoms with Gasteiger partial charge < -0.3 is 10.2 Å². The molecule has 0 aliphatic rings. The Kier molecular flexibility index (Phi) is 5.86. The molecule has 0 bridgehead atoms. The number of hydrogen-bond acceptors (Lipinski definition) is 6. The first kappa shape index (κ1) is 21.8. The van der Waals surface area contributed by atoms with E-state index in [0.29, 0.717) is 21.9 Å². The molecule has 0 atom stereocenters. The van der Waals surface area contributed by atoms with E-state index < -0.39 is 10.0 Å². The van der Waals surface area contributed by atoms with Crippen LogP contribution in [0.2, 0.25) is 0 Å². The first-order valence-electron chi connectivity index (χ1n) is 9.80. The van der Waals surface area contributed by atoms with Gasteiger partial charge in [0.05, 0.1) is 10.6 Å². The van der Waals surface area contributed by atoms with Crippen molar-refractivity contribution in [3.8, 4) is 11.3 Å². The van der Waals surface area contributed by atoms with Crippen molar-refractivity contribution in [3.05, 3.63) is 66.0 Å². The second-order valence-electron chi connectivity index (χ2n) is 7.43. The Balaban J connectivity index is 1.68. The zero-order valence-electron chi connectivity index (χ0n) is 17.8. The fourth-order valence-electron chi connectivity index (χ4n) is 3.46. The Morgan fingerprint density at radius 1 is 1.00 bits per heavy atom.